The number of hydrogen-bond donors (Lipinski definition) is 4. The number of carbonyl (C=O) groups excluding carboxylic acids is 1. The molecule has 13 heteroatoms. The minimum Gasteiger partial charge on any atom is -0.334 e. The highest BCUT2D eigenvalue weighted by atomic mass is 32.2. The third-order valence-electron chi connectivity index (χ3n) is 2.98. The highest BCUT2D eigenvalue weighted by Gasteiger charge is 2.13. The number of hydrazine groups is 1. The molecule has 10 nitrogen and oxygen atoms in total. The lowest BCUT2D eigenvalue weighted by molar-refractivity contribution is -0.113. The highest BCUT2D eigenvalue weighted by Crippen LogP contribution is 2.28. The van der Waals surface area contributed by atoms with Crippen LogP contribution in [0.4, 0.5) is 11.1 Å². The Labute approximate surface area is 161 Å². The van der Waals surface area contributed by atoms with E-state index in [1.807, 2.05) is 18.2 Å². The number of carbonyl (C=O) groups is 1. The van der Waals surface area contributed by atoms with Crippen molar-refractivity contribution in [1.82, 2.24) is 25.1 Å². The van der Waals surface area contributed by atoms with Crippen LogP contribution < -0.4 is 22.4 Å². The van der Waals surface area contributed by atoms with E-state index in [1.54, 1.807) is 11.8 Å². The fraction of sp³-hybridized carbons (Fsp3) is 0.154. The van der Waals surface area contributed by atoms with Crippen molar-refractivity contribution in [3.63, 3.8) is 0 Å². The number of benzene rings is 1. The third kappa shape index (κ3) is 4.85. The first-order chi connectivity index (χ1) is 12.7. The number of aromatic nitrogens is 5. The van der Waals surface area contributed by atoms with Gasteiger partial charge in [-0.15, -0.1) is 20.4 Å². The van der Waals surface area contributed by atoms with E-state index in [2.05, 4.69) is 43.3 Å². The van der Waals surface area contributed by atoms with Crippen LogP contribution in [0.5, 0.6) is 0 Å². The Bertz CT molecular complexity index is 867. The maximum atomic E-state index is 12.0. The second-order valence-corrected chi connectivity index (χ2v) is 7.95. The molecular weight excluding hydrogens is 394 g/mol. The lowest BCUT2D eigenvalue weighted by Crippen LogP contribution is -2.19. The number of nitrogen functional groups attached to an aromatic ring is 2. The van der Waals surface area contributed by atoms with E-state index in [9.17, 15) is 4.79 Å². The second-order valence-electron chi connectivity index (χ2n) is 4.80. The fourth-order valence-electron chi connectivity index (χ4n) is 1.80. The molecular formula is C13H15N9OS3. The van der Waals surface area contributed by atoms with E-state index in [-0.39, 0.29) is 17.6 Å². The molecule has 2 heterocycles. The predicted octanol–water partition coefficient (Wildman–Crippen LogP) is 1.15. The van der Waals surface area contributed by atoms with Crippen molar-refractivity contribution in [3.05, 3.63) is 35.9 Å². The minimum absolute atomic E-state index is 0.103. The van der Waals surface area contributed by atoms with Gasteiger partial charge in [0.1, 0.15) is 0 Å². The molecule has 6 N–H and O–H groups in total. The van der Waals surface area contributed by atoms with Gasteiger partial charge in [0, 0.05) is 5.75 Å². The van der Waals surface area contributed by atoms with Crippen molar-refractivity contribution < 1.29 is 4.79 Å². The molecule has 0 spiro atoms. The summed E-state index contributed by atoms with van der Waals surface area (Å²) in [7, 11) is 0. The second kappa shape index (κ2) is 8.84. The molecule has 3 rings (SSSR count). The molecule has 0 aliphatic heterocycles. The van der Waals surface area contributed by atoms with Gasteiger partial charge in [0.2, 0.25) is 16.2 Å². The van der Waals surface area contributed by atoms with E-state index < -0.39 is 0 Å². The lowest BCUT2D eigenvalue weighted by atomic mass is 10.2. The number of anilines is 2. The Kier molecular flexibility index (Phi) is 6.27. The average Bonchev–Trinajstić information content (AvgIpc) is 3.25. The molecule has 0 radical (unpaired) electrons. The number of rotatable bonds is 8. The molecule has 0 saturated carbocycles. The van der Waals surface area contributed by atoms with Crippen molar-refractivity contribution in [1.29, 1.82) is 0 Å². The topological polar surface area (TPSA) is 150 Å². The Morgan fingerprint density at radius 1 is 1.15 bits per heavy atom. The summed E-state index contributed by atoms with van der Waals surface area (Å²) in [6.45, 7) is 0. The maximum absolute atomic E-state index is 12.0. The summed E-state index contributed by atoms with van der Waals surface area (Å²) in [5, 5.41) is 19.1. The Hall–Kier alpha value is -2.35. The van der Waals surface area contributed by atoms with E-state index in [0.29, 0.717) is 10.3 Å². The number of nitrogens with two attached hydrogens (primary N) is 2. The van der Waals surface area contributed by atoms with Crippen LogP contribution in [0.1, 0.15) is 5.56 Å². The summed E-state index contributed by atoms with van der Waals surface area (Å²) in [5.74, 6) is 11.8. The molecule has 0 atom stereocenters. The van der Waals surface area contributed by atoms with Crippen LogP contribution in [0.2, 0.25) is 0 Å². The molecule has 0 bridgehead atoms. The number of thioether (sulfide) groups is 2. The third-order valence-corrected chi connectivity index (χ3v) is 5.97. The first kappa shape index (κ1) is 18.4. The molecule has 0 fully saturated rings. The lowest BCUT2D eigenvalue weighted by Gasteiger charge is -2.02. The zero-order valence-corrected chi connectivity index (χ0v) is 15.8. The number of nitrogens with zero attached hydrogens (tertiary/aromatic N) is 5. The molecule has 0 saturated heterocycles. The van der Waals surface area contributed by atoms with Crippen LogP contribution in [-0.4, -0.2) is 36.7 Å². The number of hydrogen-bond acceptors (Lipinski definition) is 11. The van der Waals surface area contributed by atoms with E-state index in [0.717, 1.165) is 21.9 Å². The van der Waals surface area contributed by atoms with Crippen molar-refractivity contribution >= 4 is 51.8 Å². The van der Waals surface area contributed by atoms with E-state index in [1.165, 1.54) is 21.6 Å². The quantitative estimate of drug-likeness (QED) is 0.185. The summed E-state index contributed by atoms with van der Waals surface area (Å²) < 4.78 is 1.96. The van der Waals surface area contributed by atoms with Gasteiger partial charge < -0.3 is 5.84 Å². The largest absolute Gasteiger partial charge is 0.334 e. The standard InChI is InChI=1S/C13H15N9OS3/c14-17-10-18-20-12(22(10)15)24-7-9(23)16-11-19-21-13(26-11)25-6-8-4-2-1-3-5-8/h1-5H,6-7,14-15H2,(H,17,18)(H,16,19,23). The molecule has 0 aliphatic rings. The highest BCUT2D eigenvalue weighted by molar-refractivity contribution is 8.00. The van der Waals surface area contributed by atoms with Crippen molar-refractivity contribution in [2.75, 3.05) is 22.3 Å². The first-order valence-corrected chi connectivity index (χ1v) is 10.0. The number of amides is 1. The van der Waals surface area contributed by atoms with Gasteiger partial charge in [-0.25, -0.2) is 10.5 Å². The normalized spacial score (nSPS) is 10.7. The summed E-state index contributed by atoms with van der Waals surface area (Å²) in [6.07, 6.45) is 0. The van der Waals surface area contributed by atoms with Gasteiger partial charge in [0.15, 0.2) is 4.34 Å². The van der Waals surface area contributed by atoms with Gasteiger partial charge in [0.25, 0.3) is 5.95 Å². The van der Waals surface area contributed by atoms with Gasteiger partial charge in [-0.2, -0.15) is 0 Å². The zero-order chi connectivity index (χ0) is 18.4. The van der Waals surface area contributed by atoms with Crippen molar-refractivity contribution in [3.8, 4) is 0 Å². The Morgan fingerprint density at radius 2 is 1.96 bits per heavy atom. The molecule has 26 heavy (non-hydrogen) atoms. The SMILES string of the molecule is NNc1nnc(SCC(=O)Nc2nnc(SCc3ccccc3)s2)n1N. The predicted molar refractivity (Wildman–Crippen MR) is 103 cm³/mol. The smallest absolute Gasteiger partial charge is 0.258 e. The molecule has 2 aromatic heterocycles. The summed E-state index contributed by atoms with van der Waals surface area (Å²) in [4.78, 5) is 12.0. The van der Waals surface area contributed by atoms with Crippen LogP contribution in [0, 0.1) is 0 Å². The summed E-state index contributed by atoms with van der Waals surface area (Å²) >= 11 is 4.03. The zero-order valence-electron chi connectivity index (χ0n) is 13.3. The number of nitrogens with one attached hydrogen (secondary N) is 2. The maximum Gasteiger partial charge on any atom is 0.258 e. The van der Waals surface area contributed by atoms with Gasteiger partial charge in [-0.3, -0.25) is 15.5 Å². The first-order valence-electron chi connectivity index (χ1n) is 7.25. The molecule has 0 aliphatic carbocycles. The minimum atomic E-state index is -0.240. The van der Waals surface area contributed by atoms with Crippen LogP contribution >= 0.6 is 34.9 Å². The van der Waals surface area contributed by atoms with Crippen molar-refractivity contribution in [2.45, 2.75) is 15.2 Å². The van der Waals surface area contributed by atoms with Crippen LogP contribution in [0.25, 0.3) is 0 Å². The van der Waals surface area contributed by atoms with Crippen molar-refractivity contribution in [2.24, 2.45) is 5.84 Å². The summed E-state index contributed by atoms with van der Waals surface area (Å²) in [6, 6.07) is 10.1. The Balaban J connectivity index is 1.47. The van der Waals surface area contributed by atoms with Gasteiger partial charge in [-0.05, 0) is 5.56 Å². The Morgan fingerprint density at radius 3 is 2.69 bits per heavy atom. The van der Waals surface area contributed by atoms with Crippen LogP contribution in [-0.2, 0) is 10.5 Å². The molecule has 1 amide bonds. The van der Waals surface area contributed by atoms with Gasteiger partial charge in [-0.1, -0.05) is 65.2 Å². The van der Waals surface area contributed by atoms with Gasteiger partial charge in [0.05, 0.1) is 5.75 Å². The fourth-order valence-corrected chi connectivity index (χ4v) is 4.18. The van der Waals surface area contributed by atoms with Gasteiger partial charge >= 0.3 is 0 Å². The molecule has 3 aromatic rings. The molecule has 136 valence electrons. The summed E-state index contributed by atoms with van der Waals surface area (Å²) in [5.41, 5.74) is 3.50. The molecule has 0 unspecified atom stereocenters. The monoisotopic (exact) mass is 409 g/mol. The van der Waals surface area contributed by atoms with Crippen LogP contribution in [0.15, 0.2) is 39.8 Å². The molecule has 1 aromatic carbocycles. The van der Waals surface area contributed by atoms with E-state index in [4.69, 9.17) is 11.7 Å². The van der Waals surface area contributed by atoms with E-state index >= 15 is 0 Å². The van der Waals surface area contributed by atoms with Crippen LogP contribution in [0.3, 0.4) is 0 Å². The average molecular weight is 410 g/mol.